The number of nitrogens with two attached hydrogens (primary N) is 1. The fourth-order valence-electron chi connectivity index (χ4n) is 1.73. The van der Waals surface area contributed by atoms with Crippen LogP contribution in [0, 0.1) is 0 Å². The van der Waals surface area contributed by atoms with Crippen molar-refractivity contribution in [2.75, 3.05) is 0 Å². The van der Waals surface area contributed by atoms with E-state index in [1.165, 1.54) is 0 Å². The molecular formula is C14H17ClN4O2. The molecular weight excluding hydrogens is 292 g/mol. The Kier molecular flexibility index (Phi) is 4.70. The van der Waals surface area contributed by atoms with Crippen LogP contribution < -0.4 is 10.5 Å². The van der Waals surface area contributed by atoms with Crippen LogP contribution in [-0.2, 0) is 6.61 Å². The molecule has 1 heterocycles. The molecule has 112 valence electrons. The molecule has 0 unspecified atom stereocenters. The van der Waals surface area contributed by atoms with Crippen LogP contribution in [0.2, 0.25) is 5.02 Å². The first-order valence-corrected chi connectivity index (χ1v) is 6.83. The third-order valence-electron chi connectivity index (χ3n) is 2.90. The molecule has 0 saturated heterocycles. The molecule has 2 rings (SSSR count). The maximum Gasteiger partial charge on any atom is 0.170 e. The van der Waals surface area contributed by atoms with E-state index in [4.69, 9.17) is 27.3 Å². The van der Waals surface area contributed by atoms with E-state index in [0.29, 0.717) is 29.0 Å². The highest BCUT2D eigenvalue weighted by molar-refractivity contribution is 6.32. The number of hydrogen-bond donors (Lipinski definition) is 2. The molecule has 1 aromatic heterocycles. The van der Waals surface area contributed by atoms with Gasteiger partial charge in [-0.3, -0.25) is 4.68 Å². The van der Waals surface area contributed by atoms with E-state index in [-0.39, 0.29) is 5.84 Å². The van der Waals surface area contributed by atoms with Crippen LogP contribution in [0.15, 0.2) is 35.6 Å². The topological polar surface area (TPSA) is 85.7 Å². The van der Waals surface area contributed by atoms with Crippen molar-refractivity contribution in [1.82, 2.24) is 9.78 Å². The van der Waals surface area contributed by atoms with E-state index in [9.17, 15) is 0 Å². The standard InChI is InChI=1S/C14H17ClN4O2/c1-9(2)19-6-5-11(17-19)8-21-13-4-3-10(7-12(13)15)14(16)18-20/h3-7,9,20H,8H2,1-2H3,(H2,16,18). The van der Waals surface area contributed by atoms with Gasteiger partial charge in [-0.2, -0.15) is 5.10 Å². The van der Waals surface area contributed by atoms with Crippen LogP contribution in [0.5, 0.6) is 5.75 Å². The first-order chi connectivity index (χ1) is 10.0. The van der Waals surface area contributed by atoms with Crippen molar-refractivity contribution in [3.8, 4) is 5.75 Å². The first kappa shape index (κ1) is 15.2. The average molecular weight is 309 g/mol. The minimum absolute atomic E-state index is 0.000809. The molecule has 6 nitrogen and oxygen atoms in total. The number of ether oxygens (including phenoxy) is 1. The number of oxime groups is 1. The van der Waals surface area contributed by atoms with Crippen molar-refractivity contribution in [3.05, 3.63) is 46.7 Å². The lowest BCUT2D eigenvalue weighted by molar-refractivity contribution is 0.299. The van der Waals surface area contributed by atoms with E-state index in [0.717, 1.165) is 5.69 Å². The summed E-state index contributed by atoms with van der Waals surface area (Å²) in [5.74, 6) is 0.518. The van der Waals surface area contributed by atoms with Crippen LogP contribution in [0.25, 0.3) is 0 Å². The van der Waals surface area contributed by atoms with Crippen molar-refractivity contribution >= 4 is 17.4 Å². The third kappa shape index (κ3) is 3.66. The van der Waals surface area contributed by atoms with Gasteiger partial charge in [0.1, 0.15) is 12.4 Å². The zero-order valence-electron chi connectivity index (χ0n) is 11.8. The van der Waals surface area contributed by atoms with E-state index >= 15 is 0 Å². The van der Waals surface area contributed by atoms with E-state index < -0.39 is 0 Å². The van der Waals surface area contributed by atoms with Gasteiger partial charge in [0, 0.05) is 17.8 Å². The molecule has 1 aromatic carbocycles. The highest BCUT2D eigenvalue weighted by Crippen LogP contribution is 2.26. The Morgan fingerprint density at radius 3 is 2.81 bits per heavy atom. The largest absolute Gasteiger partial charge is 0.486 e. The van der Waals surface area contributed by atoms with Gasteiger partial charge in [-0.05, 0) is 38.1 Å². The minimum atomic E-state index is -0.000809. The highest BCUT2D eigenvalue weighted by Gasteiger charge is 2.08. The normalized spacial score (nSPS) is 11.9. The summed E-state index contributed by atoms with van der Waals surface area (Å²) in [6.45, 7) is 4.43. The molecule has 3 N–H and O–H groups in total. The molecule has 0 fully saturated rings. The second kappa shape index (κ2) is 6.49. The van der Waals surface area contributed by atoms with Crippen molar-refractivity contribution < 1.29 is 9.94 Å². The number of aromatic nitrogens is 2. The quantitative estimate of drug-likeness (QED) is 0.385. The fraction of sp³-hybridized carbons (Fsp3) is 0.286. The summed E-state index contributed by atoms with van der Waals surface area (Å²) >= 11 is 6.11. The van der Waals surface area contributed by atoms with Gasteiger partial charge in [0.2, 0.25) is 0 Å². The third-order valence-corrected chi connectivity index (χ3v) is 3.20. The molecule has 7 heteroatoms. The Hall–Kier alpha value is -2.21. The average Bonchev–Trinajstić information content (AvgIpc) is 2.94. The Morgan fingerprint density at radius 2 is 2.24 bits per heavy atom. The smallest absolute Gasteiger partial charge is 0.170 e. The van der Waals surface area contributed by atoms with Gasteiger partial charge in [-0.1, -0.05) is 16.8 Å². The number of rotatable bonds is 5. The van der Waals surface area contributed by atoms with Gasteiger partial charge in [-0.25, -0.2) is 0 Å². The fourth-order valence-corrected chi connectivity index (χ4v) is 1.96. The van der Waals surface area contributed by atoms with Gasteiger partial charge in [0.05, 0.1) is 10.7 Å². The second-order valence-corrected chi connectivity index (χ2v) is 5.21. The van der Waals surface area contributed by atoms with Crippen LogP contribution in [-0.4, -0.2) is 20.8 Å². The summed E-state index contributed by atoms with van der Waals surface area (Å²) < 4.78 is 7.50. The zero-order valence-corrected chi connectivity index (χ0v) is 12.6. The molecule has 0 bridgehead atoms. The molecule has 0 aliphatic carbocycles. The summed E-state index contributed by atoms with van der Waals surface area (Å²) in [4.78, 5) is 0. The summed E-state index contributed by atoms with van der Waals surface area (Å²) in [6.07, 6.45) is 1.91. The summed E-state index contributed by atoms with van der Waals surface area (Å²) in [5, 5.41) is 16.3. The van der Waals surface area contributed by atoms with Gasteiger partial charge in [-0.15, -0.1) is 0 Å². The molecule has 0 spiro atoms. The lowest BCUT2D eigenvalue weighted by Crippen LogP contribution is -2.12. The van der Waals surface area contributed by atoms with Gasteiger partial charge in [0.25, 0.3) is 0 Å². The zero-order chi connectivity index (χ0) is 15.4. The summed E-state index contributed by atoms with van der Waals surface area (Å²) in [6, 6.07) is 7.14. The van der Waals surface area contributed by atoms with Gasteiger partial charge >= 0.3 is 0 Å². The van der Waals surface area contributed by atoms with Crippen molar-refractivity contribution in [1.29, 1.82) is 0 Å². The lowest BCUT2D eigenvalue weighted by atomic mass is 10.2. The van der Waals surface area contributed by atoms with Crippen LogP contribution in [0.4, 0.5) is 0 Å². The van der Waals surface area contributed by atoms with E-state index in [1.54, 1.807) is 18.2 Å². The predicted octanol–water partition coefficient (Wildman–Crippen LogP) is 2.79. The Bertz CT molecular complexity index is 652. The Balaban J connectivity index is 2.06. The Labute approximate surface area is 127 Å². The van der Waals surface area contributed by atoms with Crippen LogP contribution in [0.3, 0.4) is 0 Å². The van der Waals surface area contributed by atoms with E-state index in [2.05, 4.69) is 24.1 Å². The number of benzene rings is 1. The predicted molar refractivity (Wildman–Crippen MR) is 80.9 cm³/mol. The number of hydrogen-bond acceptors (Lipinski definition) is 4. The lowest BCUT2D eigenvalue weighted by Gasteiger charge is -2.08. The number of nitrogens with zero attached hydrogens (tertiary/aromatic N) is 3. The van der Waals surface area contributed by atoms with Crippen LogP contribution >= 0.6 is 11.6 Å². The summed E-state index contributed by atoms with van der Waals surface area (Å²) in [5.41, 5.74) is 6.84. The molecule has 0 atom stereocenters. The van der Waals surface area contributed by atoms with E-state index in [1.807, 2.05) is 16.9 Å². The Morgan fingerprint density at radius 1 is 1.48 bits per heavy atom. The van der Waals surface area contributed by atoms with Gasteiger partial charge < -0.3 is 15.7 Å². The van der Waals surface area contributed by atoms with Crippen molar-refractivity contribution in [2.45, 2.75) is 26.5 Å². The SMILES string of the molecule is CC(C)n1ccc(COc2ccc(C(N)=NO)cc2Cl)n1. The number of amidine groups is 1. The molecule has 0 radical (unpaired) electrons. The maximum absolute atomic E-state index is 8.63. The second-order valence-electron chi connectivity index (χ2n) is 4.80. The minimum Gasteiger partial charge on any atom is -0.486 e. The van der Waals surface area contributed by atoms with Crippen molar-refractivity contribution in [2.24, 2.45) is 10.9 Å². The molecule has 0 saturated carbocycles. The molecule has 0 aliphatic heterocycles. The molecule has 2 aromatic rings. The number of halogens is 1. The van der Waals surface area contributed by atoms with Crippen LogP contribution in [0.1, 0.15) is 31.1 Å². The molecule has 0 amide bonds. The monoisotopic (exact) mass is 308 g/mol. The van der Waals surface area contributed by atoms with Gasteiger partial charge in [0.15, 0.2) is 5.84 Å². The van der Waals surface area contributed by atoms with Crippen molar-refractivity contribution in [3.63, 3.8) is 0 Å². The highest BCUT2D eigenvalue weighted by atomic mass is 35.5. The molecule has 21 heavy (non-hydrogen) atoms. The maximum atomic E-state index is 8.63. The summed E-state index contributed by atoms with van der Waals surface area (Å²) in [7, 11) is 0. The molecule has 0 aliphatic rings. The first-order valence-electron chi connectivity index (χ1n) is 6.45.